The predicted molar refractivity (Wildman–Crippen MR) is 116 cm³/mol. The van der Waals surface area contributed by atoms with Crippen LogP contribution >= 0.6 is 0 Å². The molecule has 5 nitrogen and oxygen atoms in total. The molecule has 1 fully saturated rings. The maximum atomic E-state index is 12.9. The molecule has 5 rings (SSSR count). The van der Waals surface area contributed by atoms with Crippen LogP contribution in [0, 0.1) is 12.8 Å². The lowest BCUT2D eigenvalue weighted by Crippen LogP contribution is -2.40. The first-order valence-corrected chi connectivity index (χ1v) is 10.4. The number of nitrogens with zero attached hydrogens (tertiary/aromatic N) is 3. The minimum atomic E-state index is 0.234. The number of aromatic amines is 1. The Bertz CT molecular complexity index is 1160. The van der Waals surface area contributed by atoms with Crippen LogP contribution in [0.3, 0.4) is 0 Å². The van der Waals surface area contributed by atoms with E-state index in [1.165, 1.54) is 5.52 Å². The van der Waals surface area contributed by atoms with Crippen molar-refractivity contribution in [2.45, 2.75) is 32.7 Å². The van der Waals surface area contributed by atoms with Crippen LogP contribution in [0.25, 0.3) is 21.9 Å². The summed E-state index contributed by atoms with van der Waals surface area (Å²) >= 11 is 0. The fraction of sp³-hybridized carbons (Fsp3) is 0.333. The number of rotatable bonds is 4. The Morgan fingerprint density at radius 2 is 1.86 bits per heavy atom. The number of hydrogen-bond donors (Lipinski definition) is 1. The van der Waals surface area contributed by atoms with Gasteiger partial charge in [-0.1, -0.05) is 30.3 Å². The number of piperidine rings is 1. The van der Waals surface area contributed by atoms with Crippen molar-refractivity contribution in [2.75, 3.05) is 13.1 Å². The zero-order valence-electron chi connectivity index (χ0n) is 16.8. The number of H-pyrrole nitrogens is 1. The topological polar surface area (TPSA) is 53.9 Å². The highest BCUT2D eigenvalue weighted by atomic mass is 16.2. The van der Waals surface area contributed by atoms with E-state index in [9.17, 15) is 4.79 Å². The zero-order valence-corrected chi connectivity index (χ0v) is 16.8. The van der Waals surface area contributed by atoms with Gasteiger partial charge in [0.05, 0.1) is 17.5 Å². The van der Waals surface area contributed by atoms with E-state index in [1.807, 2.05) is 29.3 Å². The largest absolute Gasteiger partial charge is 0.361 e. The summed E-state index contributed by atoms with van der Waals surface area (Å²) in [5, 5.41) is 1.15. The number of likely N-dealkylation sites (tertiary alicyclic amines) is 1. The molecule has 1 N–H and O–H groups in total. The van der Waals surface area contributed by atoms with Gasteiger partial charge in [-0.15, -0.1) is 0 Å². The molecule has 0 unspecified atom stereocenters. The van der Waals surface area contributed by atoms with E-state index in [1.54, 1.807) is 0 Å². The zero-order chi connectivity index (χ0) is 19.8. The van der Waals surface area contributed by atoms with Gasteiger partial charge >= 0.3 is 0 Å². The molecule has 0 saturated carbocycles. The van der Waals surface area contributed by atoms with Gasteiger partial charge in [-0.3, -0.25) is 4.79 Å². The second kappa shape index (κ2) is 7.39. The van der Waals surface area contributed by atoms with Gasteiger partial charge in [0.25, 0.3) is 0 Å². The molecule has 29 heavy (non-hydrogen) atoms. The first-order chi connectivity index (χ1) is 14.2. The second-order valence-corrected chi connectivity index (χ2v) is 8.12. The molecule has 148 valence electrons. The van der Waals surface area contributed by atoms with Gasteiger partial charge in [-0.2, -0.15) is 0 Å². The Balaban J connectivity index is 1.22. The Kier molecular flexibility index (Phi) is 4.58. The molecule has 0 atom stereocenters. The van der Waals surface area contributed by atoms with Crippen molar-refractivity contribution < 1.29 is 4.79 Å². The summed E-state index contributed by atoms with van der Waals surface area (Å²) in [6.45, 7) is 4.76. The third-order valence-corrected chi connectivity index (χ3v) is 6.27. The Morgan fingerprint density at radius 1 is 1.10 bits per heavy atom. The molecule has 1 saturated heterocycles. The van der Waals surface area contributed by atoms with Crippen LogP contribution < -0.4 is 0 Å². The van der Waals surface area contributed by atoms with Crippen LogP contribution in [0.2, 0.25) is 0 Å². The van der Waals surface area contributed by atoms with E-state index < -0.39 is 0 Å². The number of aryl methyl sites for hydroxylation is 1. The molecule has 2 aromatic heterocycles. The lowest BCUT2D eigenvalue weighted by molar-refractivity contribution is -0.131. The molecule has 1 aliphatic heterocycles. The van der Waals surface area contributed by atoms with E-state index in [0.29, 0.717) is 12.3 Å². The molecule has 0 bridgehead atoms. The molecular weight excluding hydrogens is 360 g/mol. The maximum Gasteiger partial charge on any atom is 0.227 e. The van der Waals surface area contributed by atoms with Gasteiger partial charge in [0.15, 0.2) is 0 Å². The summed E-state index contributed by atoms with van der Waals surface area (Å²) in [5.74, 6) is 1.89. The molecule has 0 aliphatic carbocycles. The normalized spacial score (nSPS) is 15.4. The molecule has 1 aliphatic rings. The SMILES string of the molecule is Cc1nc2ccccc2n1CC1CCN(C(=O)Cc2c[nH]c3ccccc23)CC1. The van der Waals surface area contributed by atoms with Crippen molar-refractivity contribution in [1.29, 1.82) is 0 Å². The summed E-state index contributed by atoms with van der Waals surface area (Å²) in [5.41, 5.74) is 4.46. The number of fused-ring (bicyclic) bond motifs is 2. The van der Waals surface area contributed by atoms with Crippen LogP contribution in [0.1, 0.15) is 24.2 Å². The fourth-order valence-electron chi connectivity index (χ4n) is 4.60. The van der Waals surface area contributed by atoms with Crippen LogP contribution in [-0.2, 0) is 17.8 Å². The smallest absolute Gasteiger partial charge is 0.227 e. The van der Waals surface area contributed by atoms with Gasteiger partial charge in [0, 0.05) is 36.7 Å². The van der Waals surface area contributed by atoms with Crippen LogP contribution in [0.4, 0.5) is 0 Å². The fourth-order valence-corrected chi connectivity index (χ4v) is 4.60. The number of aromatic nitrogens is 3. The van der Waals surface area contributed by atoms with E-state index in [0.717, 1.165) is 60.3 Å². The van der Waals surface area contributed by atoms with Gasteiger partial charge in [-0.25, -0.2) is 4.98 Å². The molecule has 5 heteroatoms. The van der Waals surface area contributed by atoms with Gasteiger partial charge < -0.3 is 14.5 Å². The molecule has 2 aromatic carbocycles. The van der Waals surface area contributed by atoms with E-state index in [2.05, 4.69) is 51.8 Å². The molecule has 1 amide bonds. The lowest BCUT2D eigenvalue weighted by atomic mass is 9.96. The Morgan fingerprint density at radius 3 is 2.72 bits per heavy atom. The van der Waals surface area contributed by atoms with Crippen LogP contribution in [-0.4, -0.2) is 38.4 Å². The van der Waals surface area contributed by atoms with Gasteiger partial charge in [0.2, 0.25) is 5.91 Å². The number of hydrogen-bond acceptors (Lipinski definition) is 2. The molecule has 4 aromatic rings. The van der Waals surface area contributed by atoms with Crippen molar-refractivity contribution in [1.82, 2.24) is 19.4 Å². The Labute approximate surface area is 170 Å². The highest BCUT2D eigenvalue weighted by molar-refractivity contribution is 5.88. The van der Waals surface area contributed by atoms with Crippen LogP contribution in [0.5, 0.6) is 0 Å². The maximum absolute atomic E-state index is 12.9. The average molecular weight is 386 g/mol. The van der Waals surface area contributed by atoms with Crippen molar-refractivity contribution in [3.05, 3.63) is 66.1 Å². The summed E-state index contributed by atoms with van der Waals surface area (Å²) in [4.78, 5) is 22.8. The monoisotopic (exact) mass is 386 g/mol. The van der Waals surface area contributed by atoms with Crippen molar-refractivity contribution in [2.24, 2.45) is 5.92 Å². The number of carbonyl (C=O) groups excluding carboxylic acids is 1. The van der Waals surface area contributed by atoms with E-state index >= 15 is 0 Å². The second-order valence-electron chi connectivity index (χ2n) is 8.12. The summed E-state index contributed by atoms with van der Waals surface area (Å²) in [7, 11) is 0. The number of para-hydroxylation sites is 3. The third kappa shape index (κ3) is 3.41. The third-order valence-electron chi connectivity index (χ3n) is 6.27. The van der Waals surface area contributed by atoms with Gasteiger partial charge in [0.1, 0.15) is 5.82 Å². The summed E-state index contributed by atoms with van der Waals surface area (Å²) < 4.78 is 2.34. The minimum Gasteiger partial charge on any atom is -0.361 e. The van der Waals surface area contributed by atoms with Crippen molar-refractivity contribution in [3.63, 3.8) is 0 Å². The molecular formula is C24H26N4O. The van der Waals surface area contributed by atoms with Crippen LogP contribution in [0.15, 0.2) is 54.7 Å². The highest BCUT2D eigenvalue weighted by Gasteiger charge is 2.24. The summed E-state index contributed by atoms with van der Waals surface area (Å²) in [6, 6.07) is 16.5. The predicted octanol–water partition coefficient (Wildman–Crippen LogP) is 4.31. The first kappa shape index (κ1) is 18.0. The molecule has 0 spiro atoms. The minimum absolute atomic E-state index is 0.234. The van der Waals surface area contributed by atoms with E-state index in [-0.39, 0.29) is 5.91 Å². The Hall–Kier alpha value is -3.08. The number of carbonyl (C=O) groups is 1. The highest BCUT2D eigenvalue weighted by Crippen LogP contribution is 2.25. The summed E-state index contributed by atoms with van der Waals surface area (Å²) in [6.07, 6.45) is 4.54. The van der Waals surface area contributed by atoms with Crippen molar-refractivity contribution in [3.8, 4) is 0 Å². The average Bonchev–Trinajstić information content (AvgIpc) is 3.29. The molecule has 0 radical (unpaired) electrons. The van der Waals surface area contributed by atoms with Gasteiger partial charge in [-0.05, 0) is 49.4 Å². The van der Waals surface area contributed by atoms with E-state index in [4.69, 9.17) is 0 Å². The standard InChI is InChI=1S/C24H26N4O/c1-17-26-22-8-4-5-9-23(22)28(17)16-18-10-12-27(13-11-18)24(29)14-19-15-25-21-7-3-2-6-20(19)21/h2-9,15,18,25H,10-14,16H2,1H3. The lowest BCUT2D eigenvalue weighted by Gasteiger charge is -2.32. The molecule has 3 heterocycles. The number of benzene rings is 2. The van der Waals surface area contributed by atoms with Crippen molar-refractivity contribution >= 4 is 27.8 Å². The first-order valence-electron chi connectivity index (χ1n) is 10.4. The number of nitrogens with one attached hydrogen (secondary N) is 1. The number of imidazole rings is 1. The number of amides is 1. The quantitative estimate of drug-likeness (QED) is 0.568.